The van der Waals surface area contributed by atoms with Crippen molar-refractivity contribution in [3.05, 3.63) is 97.1 Å². The van der Waals surface area contributed by atoms with E-state index >= 15 is 0 Å². The van der Waals surface area contributed by atoms with Gasteiger partial charge in [-0.15, -0.1) is 0 Å². The highest BCUT2D eigenvalue weighted by atomic mass is 17.2. The van der Waals surface area contributed by atoms with Gasteiger partial charge in [-0.25, -0.2) is 0 Å². The summed E-state index contributed by atoms with van der Waals surface area (Å²) in [7, 11) is 0. The van der Waals surface area contributed by atoms with Crippen LogP contribution in [-0.2, 0) is 0 Å². The van der Waals surface area contributed by atoms with Crippen LogP contribution in [-0.4, -0.2) is 0 Å². The van der Waals surface area contributed by atoms with E-state index in [1.54, 1.807) is 0 Å². The maximum Gasteiger partial charge on any atom is 0.186 e. The van der Waals surface area contributed by atoms with Gasteiger partial charge in [-0.2, -0.15) is 0 Å². The van der Waals surface area contributed by atoms with Gasteiger partial charge in [0.2, 0.25) is 0 Å². The summed E-state index contributed by atoms with van der Waals surface area (Å²) in [6.45, 7) is 0. The van der Waals surface area contributed by atoms with Crippen LogP contribution < -0.4 is 9.78 Å². The fourth-order valence-electron chi connectivity index (χ4n) is 2.69. The third-order valence-corrected chi connectivity index (χ3v) is 3.94. The van der Waals surface area contributed by atoms with Gasteiger partial charge in [0.15, 0.2) is 11.5 Å². The normalized spacial score (nSPS) is 10.5. The van der Waals surface area contributed by atoms with Gasteiger partial charge in [0.25, 0.3) is 0 Å². The Bertz CT molecular complexity index is 939. The molecule has 2 heteroatoms. The minimum absolute atomic E-state index is 0.669. The van der Waals surface area contributed by atoms with Crippen molar-refractivity contribution in [2.45, 2.75) is 0 Å². The number of hydrogen-bond acceptors (Lipinski definition) is 2. The molecule has 2 nitrogen and oxygen atoms in total. The highest BCUT2D eigenvalue weighted by molar-refractivity contribution is 5.88. The molecule has 0 unspecified atom stereocenters. The summed E-state index contributed by atoms with van der Waals surface area (Å²) >= 11 is 0. The van der Waals surface area contributed by atoms with Crippen LogP contribution in [0.25, 0.3) is 21.9 Å². The predicted octanol–water partition coefficient (Wildman–Crippen LogP) is 5.88. The second-order valence-corrected chi connectivity index (χ2v) is 5.53. The van der Waals surface area contributed by atoms with E-state index in [0.29, 0.717) is 11.5 Å². The summed E-state index contributed by atoms with van der Waals surface area (Å²) in [6.07, 6.45) is 0. The van der Waals surface area contributed by atoms with Gasteiger partial charge >= 0.3 is 0 Å². The molecular formula is C22H16O2. The Morgan fingerprint density at radius 3 is 1.96 bits per heavy atom. The van der Waals surface area contributed by atoms with Gasteiger partial charge in [0.1, 0.15) is 0 Å². The van der Waals surface area contributed by atoms with Gasteiger partial charge in [-0.3, -0.25) is 9.78 Å². The lowest BCUT2D eigenvalue weighted by Gasteiger charge is -2.09. The standard InChI is InChI=1S/C22H16O2/c1-2-7-17(8-3-1)18-13-15-20(16-14-18)23-24-22-12-6-10-19-9-4-5-11-21(19)22/h1-16H. The molecule has 0 amide bonds. The Labute approximate surface area is 140 Å². The summed E-state index contributed by atoms with van der Waals surface area (Å²) in [6, 6.07) is 32.1. The van der Waals surface area contributed by atoms with Crippen molar-refractivity contribution in [2.24, 2.45) is 0 Å². The van der Waals surface area contributed by atoms with Gasteiger partial charge in [0.05, 0.1) is 0 Å². The zero-order valence-electron chi connectivity index (χ0n) is 13.1. The maximum atomic E-state index is 5.55. The molecule has 4 aromatic rings. The molecule has 0 radical (unpaired) electrons. The van der Waals surface area contributed by atoms with Gasteiger partial charge in [-0.05, 0) is 34.7 Å². The van der Waals surface area contributed by atoms with Crippen molar-refractivity contribution in [1.82, 2.24) is 0 Å². The van der Waals surface area contributed by atoms with Crippen LogP contribution in [0.4, 0.5) is 0 Å². The fraction of sp³-hybridized carbons (Fsp3) is 0. The first-order valence-corrected chi connectivity index (χ1v) is 7.88. The molecule has 4 aromatic carbocycles. The Kier molecular flexibility index (Phi) is 3.86. The SMILES string of the molecule is c1ccc(-c2ccc(OOc3cccc4ccccc34)cc2)cc1. The molecule has 0 fully saturated rings. The largest absolute Gasteiger partial charge is 0.290 e. The molecule has 0 aliphatic heterocycles. The highest BCUT2D eigenvalue weighted by Crippen LogP contribution is 2.27. The predicted molar refractivity (Wildman–Crippen MR) is 97.1 cm³/mol. The molecular weight excluding hydrogens is 296 g/mol. The van der Waals surface area contributed by atoms with E-state index in [1.165, 1.54) is 5.56 Å². The Morgan fingerprint density at radius 1 is 0.458 bits per heavy atom. The van der Waals surface area contributed by atoms with Crippen LogP contribution in [0.1, 0.15) is 0 Å². The monoisotopic (exact) mass is 312 g/mol. The van der Waals surface area contributed by atoms with Crippen LogP contribution >= 0.6 is 0 Å². The van der Waals surface area contributed by atoms with Crippen LogP contribution in [0.3, 0.4) is 0 Å². The van der Waals surface area contributed by atoms with Crippen molar-refractivity contribution in [2.75, 3.05) is 0 Å². The molecule has 0 aromatic heterocycles. The minimum atomic E-state index is 0.669. The minimum Gasteiger partial charge on any atom is -0.290 e. The fourth-order valence-corrected chi connectivity index (χ4v) is 2.69. The van der Waals surface area contributed by atoms with Crippen LogP contribution in [0.15, 0.2) is 97.1 Å². The van der Waals surface area contributed by atoms with Crippen molar-refractivity contribution in [1.29, 1.82) is 0 Å². The lowest BCUT2D eigenvalue weighted by Crippen LogP contribution is -2.00. The smallest absolute Gasteiger partial charge is 0.186 e. The van der Waals surface area contributed by atoms with E-state index in [0.717, 1.165) is 16.3 Å². The van der Waals surface area contributed by atoms with E-state index in [-0.39, 0.29) is 0 Å². The second-order valence-electron chi connectivity index (χ2n) is 5.53. The summed E-state index contributed by atoms with van der Waals surface area (Å²) in [5, 5.41) is 2.15. The first-order chi connectivity index (χ1) is 11.9. The molecule has 0 spiro atoms. The zero-order valence-corrected chi connectivity index (χ0v) is 13.1. The molecule has 0 saturated heterocycles. The quantitative estimate of drug-likeness (QED) is 0.346. The third-order valence-electron chi connectivity index (χ3n) is 3.94. The third kappa shape index (κ3) is 2.95. The van der Waals surface area contributed by atoms with Crippen molar-refractivity contribution >= 4 is 10.8 Å². The van der Waals surface area contributed by atoms with Crippen molar-refractivity contribution < 1.29 is 9.78 Å². The molecule has 0 heterocycles. The molecule has 0 aliphatic carbocycles. The number of fused-ring (bicyclic) bond motifs is 1. The number of hydrogen-bond donors (Lipinski definition) is 0. The molecule has 0 atom stereocenters. The summed E-state index contributed by atoms with van der Waals surface area (Å²) in [5.74, 6) is 1.38. The number of rotatable bonds is 4. The van der Waals surface area contributed by atoms with Gasteiger partial charge in [-0.1, -0.05) is 78.9 Å². The molecule has 0 saturated carbocycles. The Hall–Kier alpha value is -3.26. The van der Waals surface area contributed by atoms with E-state index < -0.39 is 0 Å². The average molecular weight is 312 g/mol. The molecule has 0 N–H and O–H groups in total. The van der Waals surface area contributed by atoms with Crippen molar-refractivity contribution in [3.8, 4) is 22.6 Å². The van der Waals surface area contributed by atoms with E-state index in [1.807, 2.05) is 72.8 Å². The topological polar surface area (TPSA) is 18.5 Å². The summed E-state index contributed by atoms with van der Waals surface area (Å²) in [5.41, 5.74) is 2.33. The molecule has 4 rings (SSSR count). The van der Waals surface area contributed by atoms with Gasteiger partial charge < -0.3 is 0 Å². The lowest BCUT2D eigenvalue weighted by molar-refractivity contribution is -0.0984. The van der Waals surface area contributed by atoms with E-state index in [4.69, 9.17) is 9.78 Å². The zero-order chi connectivity index (χ0) is 16.2. The maximum absolute atomic E-state index is 5.55. The molecule has 24 heavy (non-hydrogen) atoms. The summed E-state index contributed by atoms with van der Waals surface area (Å²) < 4.78 is 0. The molecule has 116 valence electrons. The Morgan fingerprint density at radius 2 is 1.12 bits per heavy atom. The van der Waals surface area contributed by atoms with Gasteiger partial charge in [0, 0.05) is 5.39 Å². The molecule has 0 aliphatic rings. The van der Waals surface area contributed by atoms with E-state index in [2.05, 4.69) is 24.3 Å². The average Bonchev–Trinajstić information content (AvgIpc) is 2.67. The molecule has 0 bridgehead atoms. The van der Waals surface area contributed by atoms with Crippen molar-refractivity contribution in [3.63, 3.8) is 0 Å². The van der Waals surface area contributed by atoms with Crippen LogP contribution in [0.2, 0.25) is 0 Å². The lowest BCUT2D eigenvalue weighted by atomic mass is 10.1. The Balaban J connectivity index is 1.52. The van der Waals surface area contributed by atoms with E-state index in [9.17, 15) is 0 Å². The first kappa shape index (κ1) is 14.3. The highest BCUT2D eigenvalue weighted by Gasteiger charge is 2.04. The van der Waals surface area contributed by atoms with Crippen LogP contribution in [0.5, 0.6) is 11.5 Å². The first-order valence-electron chi connectivity index (χ1n) is 7.88. The summed E-state index contributed by atoms with van der Waals surface area (Å²) in [4.78, 5) is 11.0. The second kappa shape index (κ2) is 6.47. The number of benzene rings is 4. The van der Waals surface area contributed by atoms with Crippen LogP contribution in [0, 0.1) is 0 Å².